The summed E-state index contributed by atoms with van der Waals surface area (Å²) >= 11 is 0. The maximum absolute atomic E-state index is 5.69. The summed E-state index contributed by atoms with van der Waals surface area (Å²) in [5, 5.41) is 3.09. The molecule has 1 aromatic heterocycles. The zero-order chi connectivity index (χ0) is 13.8. The van der Waals surface area contributed by atoms with Gasteiger partial charge in [-0.05, 0) is 13.3 Å². The summed E-state index contributed by atoms with van der Waals surface area (Å²) in [6, 6.07) is 2.00. The van der Waals surface area contributed by atoms with Crippen molar-refractivity contribution in [3.63, 3.8) is 0 Å². The van der Waals surface area contributed by atoms with Gasteiger partial charge >= 0.3 is 0 Å². The second-order valence-electron chi connectivity index (χ2n) is 5.35. The van der Waals surface area contributed by atoms with Gasteiger partial charge in [-0.2, -0.15) is 0 Å². The van der Waals surface area contributed by atoms with Gasteiger partial charge in [-0.15, -0.1) is 0 Å². The number of nitrogens with zero attached hydrogens (tertiary/aromatic N) is 2. The summed E-state index contributed by atoms with van der Waals surface area (Å²) in [6.07, 6.45) is 0.856. The average molecular weight is 251 g/mol. The molecule has 0 saturated heterocycles. The number of nitrogens with one attached hydrogen (secondary N) is 1. The molecule has 4 heteroatoms. The molecule has 0 amide bonds. The molecule has 0 aliphatic carbocycles. The molecule has 1 unspecified atom stereocenters. The van der Waals surface area contributed by atoms with E-state index in [1.165, 1.54) is 0 Å². The summed E-state index contributed by atoms with van der Waals surface area (Å²) in [5.74, 6) is 1.62. The second-order valence-corrected chi connectivity index (χ2v) is 5.35. The Morgan fingerprint density at radius 2 is 1.94 bits per heavy atom. The van der Waals surface area contributed by atoms with Crippen molar-refractivity contribution >= 4 is 5.82 Å². The Morgan fingerprint density at radius 3 is 2.39 bits per heavy atom. The van der Waals surface area contributed by atoms with Gasteiger partial charge in [-0.25, -0.2) is 9.97 Å². The van der Waals surface area contributed by atoms with Gasteiger partial charge in [0, 0.05) is 25.1 Å². The molecule has 0 aliphatic heterocycles. The largest absolute Gasteiger partial charge is 0.373 e. The van der Waals surface area contributed by atoms with Crippen LogP contribution in [0.1, 0.15) is 58.7 Å². The van der Waals surface area contributed by atoms with Crippen LogP contribution in [0, 0.1) is 0 Å². The van der Waals surface area contributed by atoms with Gasteiger partial charge in [0.05, 0.1) is 5.69 Å². The molecular formula is C14H25N3O. The van der Waals surface area contributed by atoms with E-state index < -0.39 is 0 Å². The molecule has 0 fully saturated rings. The third-order valence-corrected chi connectivity index (χ3v) is 2.79. The third-order valence-electron chi connectivity index (χ3n) is 2.79. The lowest BCUT2D eigenvalue weighted by Crippen LogP contribution is -2.18. The fourth-order valence-electron chi connectivity index (χ4n) is 1.70. The van der Waals surface area contributed by atoms with Crippen LogP contribution in [0.3, 0.4) is 0 Å². The monoisotopic (exact) mass is 251 g/mol. The van der Waals surface area contributed by atoms with Crippen molar-refractivity contribution in [2.24, 2.45) is 0 Å². The molecule has 0 spiro atoms. The van der Waals surface area contributed by atoms with E-state index in [9.17, 15) is 0 Å². The molecule has 1 aromatic rings. The molecule has 1 heterocycles. The first-order valence-corrected chi connectivity index (χ1v) is 6.61. The van der Waals surface area contributed by atoms with E-state index in [0.717, 1.165) is 23.8 Å². The first-order valence-electron chi connectivity index (χ1n) is 6.61. The van der Waals surface area contributed by atoms with Crippen molar-refractivity contribution in [1.29, 1.82) is 0 Å². The van der Waals surface area contributed by atoms with Crippen LogP contribution in [0.25, 0.3) is 0 Å². The molecule has 1 atom stereocenters. The fourth-order valence-corrected chi connectivity index (χ4v) is 1.70. The van der Waals surface area contributed by atoms with Crippen LogP contribution in [0.15, 0.2) is 6.07 Å². The molecule has 102 valence electrons. The van der Waals surface area contributed by atoms with Crippen LogP contribution < -0.4 is 5.32 Å². The predicted octanol–water partition coefficient (Wildman–Crippen LogP) is 3.30. The summed E-state index contributed by atoms with van der Waals surface area (Å²) in [4.78, 5) is 9.17. The number of anilines is 1. The Labute approximate surface area is 110 Å². The van der Waals surface area contributed by atoms with Gasteiger partial charge < -0.3 is 10.1 Å². The highest BCUT2D eigenvalue weighted by Gasteiger charge is 2.21. The normalized spacial score (nSPS) is 13.4. The summed E-state index contributed by atoms with van der Waals surface area (Å²) in [7, 11) is 1.88. The lowest BCUT2D eigenvalue weighted by molar-refractivity contribution is 0.0533. The SMILES string of the molecule is CCOC(CC)c1nc(NC)cc(C(C)(C)C)n1. The van der Waals surface area contributed by atoms with E-state index in [0.29, 0.717) is 6.61 Å². The van der Waals surface area contributed by atoms with E-state index in [-0.39, 0.29) is 11.5 Å². The second kappa shape index (κ2) is 6.14. The van der Waals surface area contributed by atoms with E-state index in [4.69, 9.17) is 4.74 Å². The van der Waals surface area contributed by atoms with Crippen LogP contribution in [0.5, 0.6) is 0 Å². The molecule has 1 rings (SSSR count). The molecular weight excluding hydrogens is 226 g/mol. The van der Waals surface area contributed by atoms with E-state index in [1.807, 2.05) is 20.0 Å². The molecule has 18 heavy (non-hydrogen) atoms. The van der Waals surface area contributed by atoms with Crippen molar-refractivity contribution in [1.82, 2.24) is 9.97 Å². The van der Waals surface area contributed by atoms with Gasteiger partial charge in [0.15, 0.2) is 5.82 Å². The number of rotatable bonds is 5. The van der Waals surface area contributed by atoms with E-state index in [2.05, 4.69) is 43.0 Å². The van der Waals surface area contributed by atoms with Gasteiger partial charge in [-0.3, -0.25) is 0 Å². The highest BCUT2D eigenvalue weighted by Crippen LogP contribution is 2.25. The zero-order valence-electron chi connectivity index (χ0n) is 12.4. The maximum atomic E-state index is 5.69. The molecule has 0 saturated carbocycles. The maximum Gasteiger partial charge on any atom is 0.159 e. The van der Waals surface area contributed by atoms with Gasteiger partial charge in [-0.1, -0.05) is 27.7 Å². The lowest BCUT2D eigenvalue weighted by Gasteiger charge is -2.21. The van der Waals surface area contributed by atoms with Gasteiger partial charge in [0.2, 0.25) is 0 Å². The zero-order valence-corrected chi connectivity index (χ0v) is 12.4. The van der Waals surface area contributed by atoms with Gasteiger partial charge in [0.1, 0.15) is 11.9 Å². The van der Waals surface area contributed by atoms with Crippen LogP contribution >= 0.6 is 0 Å². The minimum atomic E-state index is -0.0237. The first kappa shape index (κ1) is 14.9. The quantitative estimate of drug-likeness (QED) is 0.872. The van der Waals surface area contributed by atoms with Crippen LogP contribution in [0.4, 0.5) is 5.82 Å². The fraction of sp³-hybridized carbons (Fsp3) is 0.714. The molecule has 0 aliphatic rings. The highest BCUT2D eigenvalue weighted by atomic mass is 16.5. The topological polar surface area (TPSA) is 47.0 Å². The van der Waals surface area contributed by atoms with Crippen LogP contribution in [-0.4, -0.2) is 23.6 Å². The standard InChI is InChI=1S/C14H25N3O/c1-7-10(18-8-2)13-16-11(14(3,4)5)9-12(15-6)17-13/h9-10H,7-8H2,1-6H3,(H,15,16,17). The third kappa shape index (κ3) is 3.67. The minimum Gasteiger partial charge on any atom is -0.373 e. The summed E-state index contributed by atoms with van der Waals surface area (Å²) in [5.41, 5.74) is 1.04. The lowest BCUT2D eigenvalue weighted by atomic mass is 9.92. The molecule has 0 bridgehead atoms. The van der Waals surface area contributed by atoms with Crippen molar-refractivity contribution in [2.45, 2.75) is 52.6 Å². The Bertz CT molecular complexity index is 385. The Morgan fingerprint density at radius 1 is 1.28 bits per heavy atom. The predicted molar refractivity (Wildman–Crippen MR) is 74.9 cm³/mol. The van der Waals surface area contributed by atoms with E-state index >= 15 is 0 Å². The van der Waals surface area contributed by atoms with Crippen molar-refractivity contribution < 1.29 is 4.74 Å². The Hall–Kier alpha value is -1.16. The van der Waals surface area contributed by atoms with Crippen molar-refractivity contribution in [3.05, 3.63) is 17.6 Å². The first-order chi connectivity index (χ1) is 8.42. The minimum absolute atomic E-state index is 0.00773. The Kier molecular flexibility index (Phi) is 5.08. The average Bonchev–Trinajstić information content (AvgIpc) is 2.34. The summed E-state index contributed by atoms with van der Waals surface area (Å²) in [6.45, 7) is 11.2. The van der Waals surface area contributed by atoms with Crippen molar-refractivity contribution in [2.75, 3.05) is 19.0 Å². The highest BCUT2D eigenvalue weighted by molar-refractivity contribution is 5.37. The molecule has 4 nitrogen and oxygen atoms in total. The molecule has 0 aromatic carbocycles. The van der Waals surface area contributed by atoms with Crippen molar-refractivity contribution in [3.8, 4) is 0 Å². The van der Waals surface area contributed by atoms with Gasteiger partial charge in [0.25, 0.3) is 0 Å². The van der Waals surface area contributed by atoms with Crippen LogP contribution in [-0.2, 0) is 10.2 Å². The number of ether oxygens (including phenoxy) is 1. The smallest absolute Gasteiger partial charge is 0.159 e. The number of hydrogen-bond donors (Lipinski definition) is 1. The Balaban J connectivity index is 3.18. The van der Waals surface area contributed by atoms with E-state index in [1.54, 1.807) is 0 Å². The number of aromatic nitrogens is 2. The molecule has 0 radical (unpaired) electrons. The van der Waals surface area contributed by atoms with Crippen LogP contribution in [0.2, 0.25) is 0 Å². The number of hydrogen-bond acceptors (Lipinski definition) is 4. The molecule has 1 N–H and O–H groups in total. The summed E-state index contributed by atoms with van der Waals surface area (Å²) < 4.78 is 5.69.